The van der Waals surface area contributed by atoms with Crippen molar-refractivity contribution < 1.29 is 9.59 Å². The van der Waals surface area contributed by atoms with E-state index < -0.39 is 5.78 Å². The highest BCUT2D eigenvalue weighted by Gasteiger charge is 2.31. The van der Waals surface area contributed by atoms with Crippen molar-refractivity contribution in [2.24, 2.45) is 0 Å². The van der Waals surface area contributed by atoms with Crippen molar-refractivity contribution in [2.75, 3.05) is 29.2 Å². The number of nitrogens with one attached hydrogen (secondary N) is 2. The van der Waals surface area contributed by atoms with Gasteiger partial charge in [0.1, 0.15) is 23.3 Å². The summed E-state index contributed by atoms with van der Waals surface area (Å²) in [6.07, 6.45) is -0.190. The van der Waals surface area contributed by atoms with E-state index in [2.05, 4.69) is 15.3 Å². The molecular weight excluding hydrogens is 444 g/mol. The van der Waals surface area contributed by atoms with Gasteiger partial charge >= 0.3 is 0 Å². The van der Waals surface area contributed by atoms with Gasteiger partial charge in [-0.15, -0.1) is 0 Å². The predicted octanol–water partition coefficient (Wildman–Crippen LogP) is 3.35. The van der Waals surface area contributed by atoms with Crippen LogP contribution in [0, 0.1) is 18.3 Å². The van der Waals surface area contributed by atoms with Gasteiger partial charge in [-0.1, -0.05) is 24.3 Å². The number of H-pyrrole nitrogens is 1. The fourth-order valence-corrected chi connectivity index (χ4v) is 4.09. The highest BCUT2D eigenvalue weighted by Crippen LogP contribution is 2.40. The molecule has 1 amide bonds. The number of ketones is 1. The number of anilines is 3. The summed E-state index contributed by atoms with van der Waals surface area (Å²) in [5, 5.41) is 12.5. The Kier molecular flexibility index (Phi) is 6.46. The van der Waals surface area contributed by atoms with Crippen molar-refractivity contribution in [3.63, 3.8) is 0 Å². The lowest BCUT2D eigenvalue weighted by Crippen LogP contribution is -2.26. The molecule has 2 heterocycles. The Morgan fingerprint density at radius 1 is 1.03 bits per heavy atom. The number of aromatic amines is 1. The smallest absolute Gasteiger partial charge is 0.251 e. The molecule has 2 N–H and O–H groups in total. The molecule has 35 heavy (non-hydrogen) atoms. The molecule has 9 nitrogen and oxygen atoms in total. The first-order valence-electron chi connectivity index (χ1n) is 11.0. The molecular formula is C26H24N6O3. The van der Waals surface area contributed by atoms with Crippen molar-refractivity contribution >= 4 is 28.8 Å². The molecule has 1 aliphatic heterocycles. The van der Waals surface area contributed by atoms with Crippen molar-refractivity contribution in [1.82, 2.24) is 9.97 Å². The Bertz CT molecular complexity index is 1420. The number of hydrogen-bond donors (Lipinski definition) is 2. The molecule has 0 saturated carbocycles. The summed E-state index contributed by atoms with van der Waals surface area (Å²) in [5.41, 5.74) is 3.28. The van der Waals surface area contributed by atoms with Crippen LogP contribution >= 0.6 is 0 Å². The number of carbonyl (C=O) groups excluding carboxylic acids is 2. The maximum absolute atomic E-state index is 12.9. The molecule has 9 heteroatoms. The van der Waals surface area contributed by atoms with E-state index >= 15 is 0 Å². The van der Waals surface area contributed by atoms with Gasteiger partial charge in [-0.3, -0.25) is 14.4 Å². The predicted molar refractivity (Wildman–Crippen MR) is 134 cm³/mol. The average Bonchev–Trinajstić information content (AvgIpc) is 3.08. The molecule has 1 aromatic heterocycles. The Morgan fingerprint density at radius 2 is 1.71 bits per heavy atom. The number of benzene rings is 2. The van der Waals surface area contributed by atoms with Crippen molar-refractivity contribution in [1.29, 1.82) is 5.26 Å². The summed E-state index contributed by atoms with van der Waals surface area (Å²) in [5.74, 6) is 0.128. The SMILES string of the molecule is Cc1cc(=O)[nH]c(-c2cccc(NC(=O)CCC(=O)C(C#N)=C3N(C)c4ccccc4N3C)c2)n1. The highest BCUT2D eigenvalue weighted by atomic mass is 16.2. The standard InChI is InChI=1S/C26H24N6O3/c1-16-13-24(35)30-25(28-16)17-7-6-8-18(14-17)29-23(34)12-11-22(33)19(15-27)26-31(2)20-9-4-5-10-21(20)32(26)3/h4-10,13-14H,11-12H2,1-3H3,(H,29,34)(H,28,30,35). The molecule has 176 valence electrons. The minimum Gasteiger partial charge on any atom is -0.328 e. The van der Waals surface area contributed by atoms with Crippen LogP contribution in [0.25, 0.3) is 11.4 Å². The zero-order valence-electron chi connectivity index (χ0n) is 19.6. The summed E-state index contributed by atoms with van der Waals surface area (Å²) in [4.78, 5) is 47.8. The van der Waals surface area contributed by atoms with Gasteiger partial charge in [0.15, 0.2) is 5.78 Å². The molecule has 0 fully saturated rings. The Labute approximate surface area is 202 Å². The maximum atomic E-state index is 12.9. The van der Waals surface area contributed by atoms with Crippen LogP contribution < -0.4 is 20.7 Å². The second-order valence-corrected chi connectivity index (χ2v) is 8.20. The second kappa shape index (κ2) is 9.65. The molecule has 0 bridgehead atoms. The number of fused-ring (bicyclic) bond motifs is 1. The van der Waals surface area contributed by atoms with Crippen LogP contribution in [0.4, 0.5) is 17.1 Å². The monoisotopic (exact) mass is 468 g/mol. The van der Waals surface area contributed by atoms with Crippen molar-refractivity contribution in [3.05, 3.63) is 82.0 Å². The summed E-state index contributed by atoms with van der Waals surface area (Å²) >= 11 is 0. The summed E-state index contributed by atoms with van der Waals surface area (Å²) in [6.45, 7) is 1.73. The maximum Gasteiger partial charge on any atom is 0.251 e. The van der Waals surface area contributed by atoms with Crippen LogP contribution in [0.2, 0.25) is 0 Å². The minimum absolute atomic E-state index is 0.00970. The fraction of sp³-hybridized carbons (Fsp3) is 0.192. The topological polar surface area (TPSA) is 122 Å². The number of carbonyl (C=O) groups is 2. The van der Waals surface area contributed by atoms with E-state index in [-0.39, 0.29) is 29.9 Å². The van der Waals surface area contributed by atoms with E-state index in [1.54, 1.807) is 55.1 Å². The van der Waals surface area contributed by atoms with E-state index in [0.29, 0.717) is 28.6 Å². The van der Waals surface area contributed by atoms with Crippen LogP contribution in [0.5, 0.6) is 0 Å². The van der Waals surface area contributed by atoms with Crippen LogP contribution in [0.15, 0.2) is 70.8 Å². The molecule has 3 aromatic rings. The quantitative estimate of drug-likeness (QED) is 0.420. The first kappa shape index (κ1) is 23.4. The van der Waals surface area contributed by atoms with E-state index in [4.69, 9.17) is 0 Å². The fourth-order valence-electron chi connectivity index (χ4n) is 4.09. The highest BCUT2D eigenvalue weighted by molar-refractivity contribution is 6.04. The lowest BCUT2D eigenvalue weighted by Gasteiger charge is -2.19. The number of aromatic nitrogens is 2. The number of rotatable bonds is 6. The third-order valence-electron chi connectivity index (χ3n) is 5.72. The molecule has 0 saturated heterocycles. The van der Waals surface area contributed by atoms with Gasteiger partial charge in [0, 0.05) is 49.9 Å². The first-order valence-corrected chi connectivity index (χ1v) is 11.0. The number of nitrogens with zero attached hydrogens (tertiary/aromatic N) is 4. The van der Waals surface area contributed by atoms with Crippen LogP contribution in [0.3, 0.4) is 0 Å². The third-order valence-corrected chi connectivity index (χ3v) is 5.72. The number of allylic oxidation sites excluding steroid dienone is 1. The van der Waals surface area contributed by atoms with Crippen molar-refractivity contribution in [3.8, 4) is 17.5 Å². The van der Waals surface area contributed by atoms with Gasteiger partial charge in [0.25, 0.3) is 5.56 Å². The van der Waals surface area contributed by atoms with E-state index in [0.717, 1.165) is 11.4 Å². The van der Waals surface area contributed by atoms with E-state index in [1.165, 1.54) is 6.07 Å². The Balaban J connectivity index is 1.45. The molecule has 1 aliphatic rings. The number of hydrogen-bond acceptors (Lipinski definition) is 7. The van der Waals surface area contributed by atoms with Crippen LogP contribution in [0.1, 0.15) is 18.5 Å². The molecule has 0 radical (unpaired) electrons. The largest absolute Gasteiger partial charge is 0.328 e. The number of aryl methyl sites for hydroxylation is 1. The Hall–Kier alpha value is -4.71. The van der Waals surface area contributed by atoms with Gasteiger partial charge in [-0.25, -0.2) is 4.98 Å². The minimum atomic E-state index is -0.403. The van der Waals surface area contributed by atoms with Crippen molar-refractivity contribution in [2.45, 2.75) is 19.8 Å². The molecule has 2 aromatic carbocycles. The lowest BCUT2D eigenvalue weighted by molar-refractivity contribution is -0.120. The number of nitriles is 1. The van der Waals surface area contributed by atoms with E-state index in [9.17, 15) is 19.6 Å². The van der Waals surface area contributed by atoms with Gasteiger partial charge in [0.2, 0.25) is 5.91 Å². The first-order chi connectivity index (χ1) is 16.8. The second-order valence-electron chi connectivity index (χ2n) is 8.20. The third kappa shape index (κ3) is 4.82. The number of Topliss-reactive ketones (excluding diaryl/α,β-unsaturated/α-hetero) is 1. The summed E-state index contributed by atoms with van der Waals surface area (Å²) in [7, 11) is 3.61. The van der Waals surface area contributed by atoms with Gasteiger partial charge in [-0.05, 0) is 31.2 Å². The zero-order valence-corrected chi connectivity index (χ0v) is 19.6. The van der Waals surface area contributed by atoms with Crippen LogP contribution in [-0.2, 0) is 9.59 Å². The average molecular weight is 469 g/mol. The summed E-state index contributed by atoms with van der Waals surface area (Å²) in [6, 6.07) is 18.0. The zero-order chi connectivity index (χ0) is 25.1. The normalized spacial score (nSPS) is 12.2. The van der Waals surface area contributed by atoms with Gasteiger partial charge in [0.05, 0.1) is 11.4 Å². The lowest BCUT2D eigenvalue weighted by atomic mass is 10.1. The molecule has 0 unspecified atom stereocenters. The molecule has 0 atom stereocenters. The van der Waals surface area contributed by atoms with Gasteiger partial charge < -0.3 is 20.1 Å². The number of para-hydroxylation sites is 2. The Morgan fingerprint density at radius 3 is 2.34 bits per heavy atom. The van der Waals surface area contributed by atoms with Crippen LogP contribution in [-0.4, -0.2) is 35.8 Å². The molecule has 0 aliphatic carbocycles. The summed E-state index contributed by atoms with van der Waals surface area (Å²) < 4.78 is 0. The number of amides is 1. The molecule has 0 spiro atoms. The van der Waals surface area contributed by atoms with Gasteiger partial charge in [-0.2, -0.15) is 5.26 Å². The molecule has 4 rings (SSSR count). The van der Waals surface area contributed by atoms with E-state index in [1.807, 2.05) is 30.3 Å².